The van der Waals surface area contributed by atoms with E-state index >= 15 is 0 Å². The van der Waals surface area contributed by atoms with Gasteiger partial charge in [-0.1, -0.05) is 11.6 Å². The minimum Gasteiger partial charge on any atom is -0.395 e. The first-order chi connectivity index (χ1) is 8.47. The van der Waals surface area contributed by atoms with Crippen molar-refractivity contribution in [2.24, 2.45) is 0 Å². The molecule has 3 N–H and O–H groups in total. The maximum Gasteiger partial charge on any atom is 0.151 e. The van der Waals surface area contributed by atoms with Crippen molar-refractivity contribution in [1.29, 1.82) is 0 Å². The van der Waals surface area contributed by atoms with Crippen molar-refractivity contribution in [2.45, 2.75) is 0 Å². The monoisotopic (exact) mass is 332 g/mol. The lowest BCUT2D eigenvalue weighted by Crippen LogP contribution is -2.00. The zero-order chi connectivity index (χ0) is 13.3. The molecule has 0 aromatic heterocycles. The maximum atomic E-state index is 13.3. The van der Waals surface area contributed by atoms with E-state index < -0.39 is 11.6 Å². The predicted molar refractivity (Wildman–Crippen MR) is 73.2 cm³/mol. The summed E-state index contributed by atoms with van der Waals surface area (Å²) in [7, 11) is 0. The highest BCUT2D eigenvalue weighted by Gasteiger charge is 2.09. The second-order valence-corrected chi connectivity index (χ2v) is 4.89. The van der Waals surface area contributed by atoms with Gasteiger partial charge >= 0.3 is 0 Å². The molecule has 2 aromatic carbocycles. The van der Waals surface area contributed by atoms with Gasteiger partial charge in [-0.05, 0) is 40.2 Å². The molecule has 18 heavy (non-hydrogen) atoms. The van der Waals surface area contributed by atoms with E-state index in [0.717, 1.165) is 12.1 Å². The fourth-order valence-electron chi connectivity index (χ4n) is 1.42. The van der Waals surface area contributed by atoms with Crippen molar-refractivity contribution in [3.05, 3.63) is 51.5 Å². The van der Waals surface area contributed by atoms with Gasteiger partial charge in [-0.3, -0.25) is 0 Å². The molecule has 0 fully saturated rings. The van der Waals surface area contributed by atoms with Gasteiger partial charge in [-0.25, -0.2) is 8.78 Å². The minimum absolute atomic E-state index is 0.141. The molecule has 0 amide bonds. The summed E-state index contributed by atoms with van der Waals surface area (Å²) in [6.45, 7) is 0. The quantitative estimate of drug-likeness (QED) is 0.781. The van der Waals surface area contributed by atoms with Crippen molar-refractivity contribution < 1.29 is 8.78 Å². The highest BCUT2D eigenvalue weighted by molar-refractivity contribution is 9.10. The van der Waals surface area contributed by atoms with Gasteiger partial charge in [-0.15, -0.1) is 0 Å². The summed E-state index contributed by atoms with van der Waals surface area (Å²) in [5, 5.41) is 3.39. The van der Waals surface area contributed by atoms with E-state index in [1.54, 1.807) is 18.2 Å². The number of nitrogens with one attached hydrogen (secondary N) is 1. The summed E-state index contributed by atoms with van der Waals surface area (Å²) >= 11 is 9.09. The van der Waals surface area contributed by atoms with Crippen LogP contribution in [0, 0.1) is 11.6 Å². The summed E-state index contributed by atoms with van der Waals surface area (Å²) in [6, 6.07) is 6.85. The lowest BCUT2D eigenvalue weighted by atomic mass is 10.2. The number of nitrogens with two attached hydrogens (primary N) is 1. The van der Waals surface area contributed by atoms with Crippen LogP contribution in [0.1, 0.15) is 0 Å². The van der Waals surface area contributed by atoms with Crippen LogP contribution in [0.2, 0.25) is 5.02 Å². The second kappa shape index (κ2) is 5.12. The van der Waals surface area contributed by atoms with Crippen LogP contribution in [0.3, 0.4) is 0 Å². The Bertz CT molecular complexity index is 605. The normalized spacial score (nSPS) is 10.4. The van der Waals surface area contributed by atoms with E-state index in [-0.39, 0.29) is 11.4 Å². The molecule has 2 nitrogen and oxygen atoms in total. The zero-order valence-electron chi connectivity index (χ0n) is 8.98. The Morgan fingerprint density at radius 3 is 2.50 bits per heavy atom. The molecule has 0 radical (unpaired) electrons. The van der Waals surface area contributed by atoms with E-state index in [0.29, 0.717) is 15.2 Å². The molecule has 2 rings (SSSR count). The predicted octanol–water partition coefficient (Wildman–Crippen LogP) is 4.71. The first-order valence-electron chi connectivity index (χ1n) is 4.94. The lowest BCUT2D eigenvalue weighted by Gasteiger charge is -2.12. The van der Waals surface area contributed by atoms with Gasteiger partial charge in [0.05, 0.1) is 17.1 Å². The number of nitrogen functional groups attached to an aromatic ring is 1. The Balaban J connectivity index is 2.40. The molecule has 0 aliphatic heterocycles. The number of hydrogen-bond donors (Lipinski definition) is 2. The summed E-state index contributed by atoms with van der Waals surface area (Å²) in [5.41, 5.74) is 6.16. The molecule has 0 aliphatic rings. The van der Waals surface area contributed by atoms with Gasteiger partial charge in [0.25, 0.3) is 0 Å². The molecule has 6 heteroatoms. The molecule has 0 saturated carbocycles. The van der Waals surface area contributed by atoms with Crippen molar-refractivity contribution in [3.63, 3.8) is 0 Å². The average Bonchev–Trinajstić information content (AvgIpc) is 2.29. The van der Waals surface area contributed by atoms with Crippen molar-refractivity contribution in [2.75, 3.05) is 11.1 Å². The number of halogens is 4. The Morgan fingerprint density at radius 1 is 1.11 bits per heavy atom. The smallest absolute Gasteiger partial charge is 0.151 e. The van der Waals surface area contributed by atoms with Crippen LogP contribution in [-0.4, -0.2) is 0 Å². The molecular weight excluding hydrogens is 325 g/mol. The van der Waals surface area contributed by atoms with Gasteiger partial charge in [0.2, 0.25) is 0 Å². The van der Waals surface area contributed by atoms with Gasteiger partial charge in [0, 0.05) is 15.6 Å². The molecule has 0 heterocycles. The highest BCUT2D eigenvalue weighted by Crippen LogP contribution is 2.32. The lowest BCUT2D eigenvalue weighted by molar-refractivity contribution is 0.587. The molecule has 0 bridgehead atoms. The van der Waals surface area contributed by atoms with E-state index in [2.05, 4.69) is 21.2 Å². The Kier molecular flexibility index (Phi) is 3.73. The van der Waals surface area contributed by atoms with Gasteiger partial charge < -0.3 is 11.1 Å². The Morgan fingerprint density at radius 2 is 1.83 bits per heavy atom. The van der Waals surface area contributed by atoms with E-state index in [1.165, 1.54) is 0 Å². The molecular formula is C12H8BrClF2N2. The third kappa shape index (κ3) is 2.73. The topological polar surface area (TPSA) is 38.0 Å². The van der Waals surface area contributed by atoms with Gasteiger partial charge in [0.15, 0.2) is 5.82 Å². The highest BCUT2D eigenvalue weighted by atomic mass is 79.9. The minimum atomic E-state index is -0.803. The van der Waals surface area contributed by atoms with Crippen LogP contribution in [0.15, 0.2) is 34.8 Å². The first-order valence-corrected chi connectivity index (χ1v) is 6.11. The zero-order valence-corrected chi connectivity index (χ0v) is 11.3. The number of hydrogen-bond acceptors (Lipinski definition) is 2. The summed E-state index contributed by atoms with van der Waals surface area (Å²) < 4.78 is 27.0. The molecule has 0 spiro atoms. The van der Waals surface area contributed by atoms with Crippen molar-refractivity contribution >= 4 is 44.6 Å². The largest absolute Gasteiger partial charge is 0.395 e. The van der Waals surface area contributed by atoms with Crippen molar-refractivity contribution in [1.82, 2.24) is 0 Å². The molecule has 0 aliphatic carbocycles. The van der Waals surface area contributed by atoms with Crippen molar-refractivity contribution in [3.8, 4) is 0 Å². The fraction of sp³-hybridized carbons (Fsp3) is 0. The van der Waals surface area contributed by atoms with Gasteiger partial charge in [0.1, 0.15) is 5.82 Å². The van der Waals surface area contributed by atoms with Gasteiger partial charge in [-0.2, -0.15) is 0 Å². The SMILES string of the molecule is Nc1c(F)cc(F)cc1Nc1ccc(Cl)cc1Br. The molecule has 0 unspecified atom stereocenters. The second-order valence-electron chi connectivity index (χ2n) is 3.60. The van der Waals surface area contributed by atoms with Crippen LogP contribution < -0.4 is 11.1 Å². The van der Waals surface area contributed by atoms with E-state index in [1.807, 2.05) is 0 Å². The third-order valence-corrected chi connectivity index (χ3v) is 3.19. The Labute approximate surface area is 116 Å². The third-order valence-electron chi connectivity index (χ3n) is 2.29. The van der Waals surface area contributed by atoms with Crippen LogP contribution >= 0.6 is 27.5 Å². The summed E-state index contributed by atoms with van der Waals surface area (Å²) in [5.74, 6) is -1.50. The molecule has 0 saturated heterocycles. The van der Waals surface area contributed by atoms with E-state index in [9.17, 15) is 8.78 Å². The summed E-state index contributed by atoms with van der Waals surface area (Å²) in [6.07, 6.45) is 0. The van der Waals surface area contributed by atoms with Crippen LogP contribution in [-0.2, 0) is 0 Å². The number of anilines is 3. The summed E-state index contributed by atoms with van der Waals surface area (Å²) in [4.78, 5) is 0. The molecule has 94 valence electrons. The fourth-order valence-corrected chi connectivity index (χ4v) is 2.21. The number of rotatable bonds is 2. The van der Waals surface area contributed by atoms with Crippen LogP contribution in [0.5, 0.6) is 0 Å². The van der Waals surface area contributed by atoms with Crippen LogP contribution in [0.25, 0.3) is 0 Å². The number of benzene rings is 2. The first kappa shape index (κ1) is 13.1. The molecule has 2 aromatic rings. The Hall–Kier alpha value is -1.33. The standard InChI is InChI=1S/C12H8BrClF2N2/c13-8-3-6(14)1-2-10(8)18-11-5-7(15)4-9(16)12(11)17/h1-5,18H,17H2. The molecule has 0 atom stereocenters. The van der Waals surface area contributed by atoms with E-state index in [4.69, 9.17) is 17.3 Å². The average molecular weight is 334 g/mol. The maximum absolute atomic E-state index is 13.3. The van der Waals surface area contributed by atoms with Crippen LogP contribution in [0.4, 0.5) is 25.8 Å².